The first kappa shape index (κ1) is 16.3. The molecule has 1 amide bonds. The maximum Gasteiger partial charge on any atom is 0.224 e. The Kier molecular flexibility index (Phi) is 4.96. The third-order valence-electron chi connectivity index (χ3n) is 3.72. The summed E-state index contributed by atoms with van der Waals surface area (Å²) in [5.74, 6) is 0.666. The molecule has 5 nitrogen and oxygen atoms in total. The number of fused-ring (bicyclic) bond motifs is 1. The average Bonchev–Trinajstić information content (AvgIpc) is 2.61. The van der Waals surface area contributed by atoms with Crippen LogP contribution in [0.5, 0.6) is 11.5 Å². The van der Waals surface area contributed by atoms with E-state index in [1.807, 2.05) is 0 Å². The Morgan fingerprint density at radius 2 is 1.83 bits per heavy atom. The minimum absolute atomic E-state index is 0.0830. The molecule has 0 aliphatic carbocycles. The van der Waals surface area contributed by atoms with Gasteiger partial charge in [0, 0.05) is 6.54 Å². The van der Waals surface area contributed by atoms with E-state index < -0.39 is 6.10 Å². The lowest BCUT2D eigenvalue weighted by Gasteiger charge is -2.20. The quantitative estimate of drug-likeness (QED) is 0.879. The van der Waals surface area contributed by atoms with Gasteiger partial charge in [0.2, 0.25) is 5.91 Å². The normalized spacial score (nSPS) is 14.1. The number of nitrogens with one attached hydrogen (secondary N) is 1. The third-order valence-corrected chi connectivity index (χ3v) is 3.72. The lowest BCUT2D eigenvalue weighted by molar-refractivity contribution is -0.120. The molecule has 2 aromatic carbocycles. The molecule has 6 heteroatoms. The van der Waals surface area contributed by atoms with Crippen molar-refractivity contribution in [3.8, 4) is 11.5 Å². The number of carbonyl (C=O) groups excluding carboxylic acids is 1. The summed E-state index contributed by atoms with van der Waals surface area (Å²) in [6, 6.07) is 10.9. The Labute approximate surface area is 139 Å². The second kappa shape index (κ2) is 7.31. The number of rotatable bonds is 5. The number of hydrogen-bond donors (Lipinski definition) is 2. The number of benzene rings is 2. The largest absolute Gasteiger partial charge is 0.486 e. The van der Waals surface area contributed by atoms with Gasteiger partial charge in [0.25, 0.3) is 0 Å². The molecule has 1 atom stereocenters. The standard InChI is InChI=1S/C18H18FNO4/c19-14-4-1-12(2-5-14)9-18(22)20-11-15(21)13-3-6-16-17(10-13)24-8-7-23-16/h1-6,10,15,21H,7-9,11H2,(H,20,22). The molecule has 1 aliphatic heterocycles. The van der Waals surface area contributed by atoms with Gasteiger partial charge < -0.3 is 19.9 Å². The number of amides is 1. The molecule has 126 valence electrons. The zero-order valence-electron chi connectivity index (χ0n) is 13.0. The number of halogens is 1. The van der Waals surface area contributed by atoms with Gasteiger partial charge in [-0.15, -0.1) is 0 Å². The lowest BCUT2D eigenvalue weighted by atomic mass is 10.1. The van der Waals surface area contributed by atoms with E-state index in [0.717, 1.165) is 0 Å². The number of hydrogen-bond acceptors (Lipinski definition) is 4. The number of ether oxygens (including phenoxy) is 2. The van der Waals surface area contributed by atoms with Crippen LogP contribution in [0.15, 0.2) is 42.5 Å². The van der Waals surface area contributed by atoms with Gasteiger partial charge in [0.1, 0.15) is 19.0 Å². The smallest absolute Gasteiger partial charge is 0.224 e. The minimum atomic E-state index is -0.849. The first-order valence-electron chi connectivity index (χ1n) is 7.70. The van der Waals surface area contributed by atoms with E-state index in [1.165, 1.54) is 12.1 Å². The van der Waals surface area contributed by atoms with E-state index in [1.54, 1.807) is 30.3 Å². The molecule has 1 heterocycles. The summed E-state index contributed by atoms with van der Waals surface area (Å²) in [5.41, 5.74) is 1.35. The van der Waals surface area contributed by atoms with Crippen LogP contribution in [0.25, 0.3) is 0 Å². The van der Waals surface area contributed by atoms with E-state index in [0.29, 0.717) is 35.8 Å². The van der Waals surface area contributed by atoms with Gasteiger partial charge in [-0.3, -0.25) is 4.79 Å². The molecule has 3 rings (SSSR count). The zero-order valence-corrected chi connectivity index (χ0v) is 13.0. The highest BCUT2D eigenvalue weighted by Crippen LogP contribution is 2.32. The summed E-state index contributed by atoms with van der Waals surface area (Å²) in [6.07, 6.45) is -0.716. The monoisotopic (exact) mass is 331 g/mol. The van der Waals surface area contributed by atoms with E-state index in [-0.39, 0.29) is 24.7 Å². The molecular formula is C18H18FNO4. The molecule has 2 N–H and O–H groups in total. The summed E-state index contributed by atoms with van der Waals surface area (Å²) in [4.78, 5) is 11.9. The van der Waals surface area contributed by atoms with Crippen molar-refractivity contribution in [1.29, 1.82) is 0 Å². The predicted molar refractivity (Wildman–Crippen MR) is 85.5 cm³/mol. The van der Waals surface area contributed by atoms with Crippen molar-refractivity contribution < 1.29 is 23.8 Å². The SMILES string of the molecule is O=C(Cc1ccc(F)cc1)NCC(O)c1ccc2c(c1)OCCO2. The molecule has 0 saturated heterocycles. The summed E-state index contributed by atoms with van der Waals surface area (Å²) < 4.78 is 23.7. The molecule has 0 saturated carbocycles. The average molecular weight is 331 g/mol. The maximum absolute atomic E-state index is 12.8. The molecule has 1 aliphatic rings. The predicted octanol–water partition coefficient (Wildman–Crippen LogP) is 1.99. The maximum atomic E-state index is 12.8. The van der Waals surface area contributed by atoms with Crippen molar-refractivity contribution in [2.24, 2.45) is 0 Å². The molecule has 0 fully saturated rings. The summed E-state index contributed by atoms with van der Waals surface area (Å²) in [6.45, 7) is 1.06. The van der Waals surface area contributed by atoms with Crippen molar-refractivity contribution >= 4 is 5.91 Å². The summed E-state index contributed by atoms with van der Waals surface area (Å²) in [5, 5.41) is 12.9. The van der Waals surface area contributed by atoms with E-state index in [4.69, 9.17) is 9.47 Å². The molecule has 0 aromatic heterocycles. The van der Waals surface area contributed by atoms with Gasteiger partial charge >= 0.3 is 0 Å². The first-order chi connectivity index (χ1) is 11.6. The number of aliphatic hydroxyl groups is 1. The number of aliphatic hydroxyl groups excluding tert-OH is 1. The van der Waals surface area contributed by atoms with Crippen LogP contribution in [-0.4, -0.2) is 30.8 Å². The van der Waals surface area contributed by atoms with Gasteiger partial charge in [-0.2, -0.15) is 0 Å². The van der Waals surface area contributed by atoms with Crippen LogP contribution in [0.4, 0.5) is 4.39 Å². The van der Waals surface area contributed by atoms with Crippen LogP contribution in [0.2, 0.25) is 0 Å². The highest BCUT2D eigenvalue weighted by atomic mass is 19.1. The second-order valence-corrected chi connectivity index (χ2v) is 5.53. The van der Waals surface area contributed by atoms with Crippen molar-refractivity contribution in [2.75, 3.05) is 19.8 Å². The molecule has 24 heavy (non-hydrogen) atoms. The minimum Gasteiger partial charge on any atom is -0.486 e. The first-order valence-corrected chi connectivity index (χ1v) is 7.70. The fourth-order valence-corrected chi connectivity index (χ4v) is 2.45. The molecule has 0 bridgehead atoms. The van der Waals surface area contributed by atoms with Crippen molar-refractivity contribution in [2.45, 2.75) is 12.5 Å². The van der Waals surface area contributed by atoms with Crippen molar-refractivity contribution in [3.05, 3.63) is 59.4 Å². The van der Waals surface area contributed by atoms with E-state index >= 15 is 0 Å². The van der Waals surface area contributed by atoms with Gasteiger partial charge in [0.15, 0.2) is 11.5 Å². The Balaban J connectivity index is 1.54. The van der Waals surface area contributed by atoms with Crippen LogP contribution in [0.3, 0.4) is 0 Å². The highest BCUT2D eigenvalue weighted by molar-refractivity contribution is 5.78. The second-order valence-electron chi connectivity index (χ2n) is 5.53. The van der Waals surface area contributed by atoms with Gasteiger partial charge in [-0.05, 0) is 35.4 Å². The Morgan fingerprint density at radius 3 is 2.58 bits per heavy atom. The van der Waals surface area contributed by atoms with Crippen LogP contribution in [-0.2, 0) is 11.2 Å². The molecule has 2 aromatic rings. The molecule has 0 radical (unpaired) electrons. The van der Waals surface area contributed by atoms with Crippen molar-refractivity contribution in [1.82, 2.24) is 5.32 Å². The molecular weight excluding hydrogens is 313 g/mol. The van der Waals surface area contributed by atoms with E-state index in [2.05, 4.69) is 5.32 Å². The van der Waals surface area contributed by atoms with Gasteiger partial charge in [0.05, 0.1) is 12.5 Å². The Morgan fingerprint density at radius 1 is 1.12 bits per heavy atom. The topological polar surface area (TPSA) is 67.8 Å². The Bertz CT molecular complexity index is 717. The van der Waals surface area contributed by atoms with Gasteiger partial charge in [-0.1, -0.05) is 18.2 Å². The fourth-order valence-electron chi connectivity index (χ4n) is 2.45. The zero-order chi connectivity index (χ0) is 16.9. The molecule has 0 spiro atoms. The molecule has 1 unspecified atom stereocenters. The van der Waals surface area contributed by atoms with Crippen LogP contribution in [0.1, 0.15) is 17.2 Å². The van der Waals surface area contributed by atoms with Crippen molar-refractivity contribution in [3.63, 3.8) is 0 Å². The fraction of sp³-hybridized carbons (Fsp3) is 0.278. The number of carbonyl (C=O) groups is 1. The Hall–Kier alpha value is -2.60. The van der Waals surface area contributed by atoms with Crippen LogP contribution in [0, 0.1) is 5.82 Å². The summed E-state index contributed by atoms with van der Waals surface area (Å²) >= 11 is 0. The van der Waals surface area contributed by atoms with Crippen LogP contribution < -0.4 is 14.8 Å². The lowest BCUT2D eigenvalue weighted by Crippen LogP contribution is -2.29. The van der Waals surface area contributed by atoms with Crippen LogP contribution >= 0.6 is 0 Å². The third kappa shape index (κ3) is 4.02. The summed E-state index contributed by atoms with van der Waals surface area (Å²) in [7, 11) is 0. The highest BCUT2D eigenvalue weighted by Gasteiger charge is 2.16. The van der Waals surface area contributed by atoms with E-state index in [9.17, 15) is 14.3 Å². The van der Waals surface area contributed by atoms with Gasteiger partial charge in [-0.25, -0.2) is 4.39 Å².